The Kier molecular flexibility index (Phi) is 4.00. The van der Waals surface area contributed by atoms with Gasteiger partial charge >= 0.3 is 0 Å². The molecule has 1 rings (SSSR count). The Hall–Kier alpha value is -0.520. The standard InChI is InChI=1S/C10H15/c1-2-4-6-8-10-9-7-5-3-1/h1-2,5,9-10H,3-4,6-8H2. The van der Waals surface area contributed by atoms with Crippen LogP contribution in [0.25, 0.3) is 0 Å². The van der Waals surface area contributed by atoms with Crippen molar-refractivity contribution in [2.24, 2.45) is 0 Å². The Labute approximate surface area is 63.6 Å². The van der Waals surface area contributed by atoms with E-state index in [9.17, 15) is 0 Å². The van der Waals surface area contributed by atoms with Gasteiger partial charge in [-0.25, -0.2) is 0 Å². The molecule has 1 radical (unpaired) electrons. The fourth-order valence-corrected chi connectivity index (χ4v) is 1.07. The van der Waals surface area contributed by atoms with E-state index in [1.54, 1.807) is 0 Å². The fraction of sp³-hybridized carbons (Fsp3) is 0.500. The topological polar surface area (TPSA) is 0 Å². The van der Waals surface area contributed by atoms with Gasteiger partial charge in [0.15, 0.2) is 0 Å². The van der Waals surface area contributed by atoms with Crippen LogP contribution >= 0.6 is 0 Å². The summed E-state index contributed by atoms with van der Waals surface area (Å²) in [6.45, 7) is 0. The molecule has 0 spiro atoms. The Morgan fingerprint density at radius 3 is 1.90 bits per heavy atom. The van der Waals surface area contributed by atoms with E-state index in [0.717, 1.165) is 12.8 Å². The molecule has 0 heteroatoms. The van der Waals surface area contributed by atoms with Crippen molar-refractivity contribution in [1.29, 1.82) is 0 Å². The molecule has 0 aromatic heterocycles. The minimum atomic E-state index is 1.14. The van der Waals surface area contributed by atoms with Crippen LogP contribution in [0.15, 0.2) is 24.3 Å². The summed E-state index contributed by atoms with van der Waals surface area (Å²) < 4.78 is 0. The SMILES string of the molecule is [CH]1CC=CCCCC=CC1. The highest BCUT2D eigenvalue weighted by molar-refractivity contribution is 4.94. The molecule has 0 saturated carbocycles. The monoisotopic (exact) mass is 135 g/mol. The molecule has 0 bridgehead atoms. The van der Waals surface area contributed by atoms with Crippen LogP contribution in [0.3, 0.4) is 0 Å². The minimum absolute atomic E-state index is 1.14. The molecule has 0 saturated heterocycles. The third kappa shape index (κ3) is 3.49. The summed E-state index contributed by atoms with van der Waals surface area (Å²) in [6, 6.07) is 0. The summed E-state index contributed by atoms with van der Waals surface area (Å²) in [4.78, 5) is 0. The minimum Gasteiger partial charge on any atom is -0.0885 e. The van der Waals surface area contributed by atoms with Gasteiger partial charge in [0, 0.05) is 0 Å². The number of allylic oxidation sites excluding steroid dienone is 4. The van der Waals surface area contributed by atoms with Crippen molar-refractivity contribution in [2.45, 2.75) is 32.1 Å². The van der Waals surface area contributed by atoms with Gasteiger partial charge in [0.05, 0.1) is 0 Å². The van der Waals surface area contributed by atoms with Crippen molar-refractivity contribution in [3.8, 4) is 0 Å². The Morgan fingerprint density at radius 1 is 0.700 bits per heavy atom. The molecule has 10 heavy (non-hydrogen) atoms. The predicted molar refractivity (Wildman–Crippen MR) is 45.7 cm³/mol. The molecule has 0 aromatic carbocycles. The maximum atomic E-state index is 2.30. The number of hydrogen-bond acceptors (Lipinski definition) is 0. The third-order valence-corrected chi connectivity index (χ3v) is 1.68. The zero-order chi connectivity index (χ0) is 7.07. The van der Waals surface area contributed by atoms with Gasteiger partial charge in [0.1, 0.15) is 0 Å². The molecule has 55 valence electrons. The predicted octanol–water partition coefficient (Wildman–Crippen LogP) is 3.27. The first kappa shape index (κ1) is 7.59. The molecule has 0 aromatic rings. The second-order valence-corrected chi connectivity index (χ2v) is 2.63. The quantitative estimate of drug-likeness (QED) is 0.447. The van der Waals surface area contributed by atoms with Crippen LogP contribution in [0.1, 0.15) is 32.1 Å². The number of rotatable bonds is 0. The highest BCUT2D eigenvalue weighted by atomic mass is 13.9. The Morgan fingerprint density at radius 2 is 1.30 bits per heavy atom. The maximum absolute atomic E-state index is 2.30. The highest BCUT2D eigenvalue weighted by Gasteiger charge is 1.85. The smallest absolute Gasteiger partial charge is 0.0311 e. The van der Waals surface area contributed by atoms with Crippen LogP contribution in [0.2, 0.25) is 0 Å². The molecular weight excluding hydrogens is 120 g/mol. The lowest BCUT2D eigenvalue weighted by Gasteiger charge is -1.95. The van der Waals surface area contributed by atoms with Gasteiger partial charge in [-0.3, -0.25) is 0 Å². The van der Waals surface area contributed by atoms with Gasteiger partial charge in [-0.1, -0.05) is 24.3 Å². The van der Waals surface area contributed by atoms with Crippen LogP contribution in [0.4, 0.5) is 0 Å². The van der Waals surface area contributed by atoms with Crippen molar-refractivity contribution in [3.05, 3.63) is 30.7 Å². The zero-order valence-corrected chi connectivity index (χ0v) is 6.42. The van der Waals surface area contributed by atoms with Crippen LogP contribution in [0, 0.1) is 6.42 Å². The van der Waals surface area contributed by atoms with Crippen LogP contribution in [-0.2, 0) is 0 Å². The van der Waals surface area contributed by atoms with Crippen LogP contribution in [0.5, 0.6) is 0 Å². The van der Waals surface area contributed by atoms with Gasteiger partial charge in [-0.2, -0.15) is 0 Å². The van der Waals surface area contributed by atoms with Crippen molar-refractivity contribution in [3.63, 3.8) is 0 Å². The summed E-state index contributed by atoms with van der Waals surface area (Å²) in [5.41, 5.74) is 0. The second-order valence-electron chi connectivity index (χ2n) is 2.63. The van der Waals surface area contributed by atoms with Gasteiger partial charge in [0.2, 0.25) is 0 Å². The summed E-state index contributed by atoms with van der Waals surface area (Å²) >= 11 is 0. The van der Waals surface area contributed by atoms with E-state index in [0.29, 0.717) is 0 Å². The molecule has 0 nitrogen and oxygen atoms in total. The molecule has 0 atom stereocenters. The van der Waals surface area contributed by atoms with Gasteiger partial charge in [-0.05, 0) is 38.5 Å². The second kappa shape index (κ2) is 5.28. The molecule has 0 fully saturated rings. The summed E-state index contributed by atoms with van der Waals surface area (Å²) in [5, 5.41) is 0. The van der Waals surface area contributed by atoms with Gasteiger partial charge in [-0.15, -0.1) is 0 Å². The highest BCUT2D eigenvalue weighted by Crippen LogP contribution is 2.04. The van der Waals surface area contributed by atoms with E-state index in [2.05, 4.69) is 30.7 Å². The first-order valence-electron chi connectivity index (χ1n) is 4.12. The Bertz CT molecular complexity index is 92.0. The molecule has 1 aliphatic rings. The zero-order valence-electron chi connectivity index (χ0n) is 6.42. The van der Waals surface area contributed by atoms with E-state index < -0.39 is 0 Å². The first-order chi connectivity index (χ1) is 5.00. The summed E-state index contributed by atoms with van der Waals surface area (Å²) in [5.74, 6) is 0. The maximum Gasteiger partial charge on any atom is -0.0311 e. The molecule has 0 heterocycles. The largest absolute Gasteiger partial charge is 0.0885 e. The average Bonchev–Trinajstić information content (AvgIpc) is 2.01. The van der Waals surface area contributed by atoms with Crippen molar-refractivity contribution < 1.29 is 0 Å². The lowest BCUT2D eigenvalue weighted by Crippen LogP contribution is -1.76. The van der Waals surface area contributed by atoms with Gasteiger partial charge < -0.3 is 0 Å². The molecular formula is C10H15. The lowest BCUT2D eigenvalue weighted by molar-refractivity contribution is 0.856. The molecule has 0 aliphatic heterocycles. The summed E-state index contributed by atoms with van der Waals surface area (Å²) in [7, 11) is 0. The fourth-order valence-electron chi connectivity index (χ4n) is 1.07. The molecule has 0 unspecified atom stereocenters. The van der Waals surface area contributed by atoms with Crippen molar-refractivity contribution >= 4 is 0 Å². The number of hydrogen-bond donors (Lipinski definition) is 0. The van der Waals surface area contributed by atoms with E-state index >= 15 is 0 Å². The van der Waals surface area contributed by atoms with E-state index in [-0.39, 0.29) is 0 Å². The lowest BCUT2D eigenvalue weighted by atomic mass is 10.1. The van der Waals surface area contributed by atoms with E-state index in [1.807, 2.05) is 0 Å². The van der Waals surface area contributed by atoms with E-state index in [1.165, 1.54) is 19.3 Å². The first-order valence-corrected chi connectivity index (χ1v) is 4.12. The van der Waals surface area contributed by atoms with Crippen LogP contribution < -0.4 is 0 Å². The molecule has 0 N–H and O–H groups in total. The van der Waals surface area contributed by atoms with Gasteiger partial charge in [0.25, 0.3) is 0 Å². The van der Waals surface area contributed by atoms with Crippen molar-refractivity contribution in [2.75, 3.05) is 0 Å². The summed E-state index contributed by atoms with van der Waals surface area (Å²) in [6.07, 6.45) is 17.5. The van der Waals surface area contributed by atoms with E-state index in [4.69, 9.17) is 0 Å². The third-order valence-electron chi connectivity index (χ3n) is 1.68. The average molecular weight is 135 g/mol. The Balaban J connectivity index is 2.22. The normalized spacial score (nSPS) is 20.8. The molecule has 1 aliphatic carbocycles. The van der Waals surface area contributed by atoms with Crippen molar-refractivity contribution in [1.82, 2.24) is 0 Å². The van der Waals surface area contributed by atoms with Crippen LogP contribution in [-0.4, -0.2) is 0 Å². The molecule has 0 amide bonds.